The maximum Gasteiger partial charge on any atom is 0.221 e. The zero-order valence-electron chi connectivity index (χ0n) is 14.1. The van der Waals surface area contributed by atoms with Crippen molar-refractivity contribution in [3.8, 4) is 5.75 Å². The van der Waals surface area contributed by atoms with Crippen molar-refractivity contribution in [1.29, 1.82) is 0 Å². The van der Waals surface area contributed by atoms with Gasteiger partial charge in [-0.1, -0.05) is 52.3 Å². The number of carbonyl (C=O) groups is 1. The minimum atomic E-state index is -0.234. The first-order valence-electron chi connectivity index (χ1n) is 8.32. The number of phenolic OH excluding ortho intramolecular Hbond substituents is 1. The van der Waals surface area contributed by atoms with Gasteiger partial charge in [0, 0.05) is 41.3 Å². The predicted octanol–water partition coefficient (Wildman–Crippen LogP) is 4.39. The summed E-state index contributed by atoms with van der Waals surface area (Å²) in [6.45, 7) is 0.429. The van der Waals surface area contributed by atoms with Crippen LogP contribution < -0.4 is 5.32 Å². The average Bonchev–Trinajstić information content (AvgIpc) is 2.68. The Morgan fingerprint density at radius 1 is 1.12 bits per heavy atom. The Hall–Kier alpha value is -2.66. The molecule has 1 aromatic heterocycles. The van der Waals surface area contributed by atoms with Crippen LogP contribution in [0.15, 0.2) is 77.5 Å². The Bertz CT molecular complexity index is 870. The number of nitrogens with zero attached hydrogens (tertiary/aromatic N) is 1. The molecule has 5 heteroatoms. The van der Waals surface area contributed by atoms with E-state index in [4.69, 9.17) is 0 Å². The SMILES string of the molecule is O=C(CC(c1ccccc1)c1cc(Br)ccc1O)NCc1cccnc1. The van der Waals surface area contributed by atoms with Gasteiger partial charge in [-0.05, 0) is 35.4 Å². The molecule has 2 aromatic carbocycles. The molecule has 0 bridgehead atoms. The molecule has 3 rings (SSSR count). The molecule has 0 aliphatic rings. The minimum absolute atomic E-state index is 0.0814. The molecule has 0 aliphatic heterocycles. The summed E-state index contributed by atoms with van der Waals surface area (Å²) in [5.74, 6) is -0.133. The van der Waals surface area contributed by atoms with E-state index in [0.29, 0.717) is 6.54 Å². The molecule has 1 amide bonds. The standard InChI is InChI=1S/C21H19BrN2O2/c22-17-8-9-20(25)19(11-17)18(16-6-2-1-3-7-16)12-21(26)24-14-15-5-4-10-23-13-15/h1-11,13,18,25H,12,14H2,(H,24,26). The van der Waals surface area contributed by atoms with E-state index in [2.05, 4.69) is 26.2 Å². The monoisotopic (exact) mass is 410 g/mol. The highest BCUT2D eigenvalue weighted by atomic mass is 79.9. The van der Waals surface area contributed by atoms with E-state index in [1.165, 1.54) is 0 Å². The number of pyridine rings is 1. The molecule has 0 saturated carbocycles. The summed E-state index contributed by atoms with van der Waals surface area (Å²) >= 11 is 3.45. The van der Waals surface area contributed by atoms with Crippen LogP contribution in [-0.2, 0) is 11.3 Å². The quantitative estimate of drug-likeness (QED) is 0.633. The van der Waals surface area contributed by atoms with Crippen molar-refractivity contribution in [1.82, 2.24) is 10.3 Å². The average molecular weight is 411 g/mol. The second kappa shape index (κ2) is 8.63. The van der Waals surface area contributed by atoms with E-state index < -0.39 is 0 Å². The number of rotatable bonds is 6. The highest BCUT2D eigenvalue weighted by Crippen LogP contribution is 2.35. The lowest BCUT2D eigenvalue weighted by Gasteiger charge is -2.19. The van der Waals surface area contributed by atoms with E-state index in [1.54, 1.807) is 24.5 Å². The third-order valence-electron chi connectivity index (χ3n) is 4.17. The maximum atomic E-state index is 12.5. The van der Waals surface area contributed by atoms with Crippen LogP contribution in [0.3, 0.4) is 0 Å². The van der Waals surface area contributed by atoms with E-state index >= 15 is 0 Å². The lowest BCUT2D eigenvalue weighted by Crippen LogP contribution is -2.25. The fraction of sp³-hybridized carbons (Fsp3) is 0.143. The van der Waals surface area contributed by atoms with Crippen molar-refractivity contribution < 1.29 is 9.90 Å². The third kappa shape index (κ3) is 4.70. The smallest absolute Gasteiger partial charge is 0.221 e. The predicted molar refractivity (Wildman–Crippen MR) is 105 cm³/mol. The molecule has 1 atom stereocenters. The van der Waals surface area contributed by atoms with Crippen molar-refractivity contribution in [2.24, 2.45) is 0 Å². The molecule has 1 unspecified atom stereocenters. The van der Waals surface area contributed by atoms with Gasteiger partial charge < -0.3 is 10.4 Å². The van der Waals surface area contributed by atoms with E-state index in [-0.39, 0.29) is 24.0 Å². The van der Waals surface area contributed by atoms with Crippen LogP contribution >= 0.6 is 15.9 Å². The lowest BCUT2D eigenvalue weighted by atomic mass is 9.87. The number of carbonyl (C=O) groups excluding carboxylic acids is 1. The summed E-state index contributed by atoms with van der Waals surface area (Å²) < 4.78 is 0.863. The number of phenols is 1. The van der Waals surface area contributed by atoms with Crippen LogP contribution in [0.2, 0.25) is 0 Å². The maximum absolute atomic E-state index is 12.5. The first-order chi connectivity index (χ1) is 12.6. The molecular formula is C21H19BrN2O2. The Labute approximate surface area is 161 Å². The van der Waals surface area contributed by atoms with Crippen molar-refractivity contribution in [2.75, 3.05) is 0 Å². The topological polar surface area (TPSA) is 62.2 Å². The summed E-state index contributed by atoms with van der Waals surface area (Å²) in [4.78, 5) is 16.6. The molecule has 4 nitrogen and oxygen atoms in total. The second-order valence-electron chi connectivity index (χ2n) is 6.01. The number of benzene rings is 2. The molecule has 0 fully saturated rings. The Balaban J connectivity index is 1.80. The molecule has 26 heavy (non-hydrogen) atoms. The number of amides is 1. The van der Waals surface area contributed by atoms with Crippen LogP contribution in [0, 0.1) is 0 Å². The number of aromatic nitrogens is 1. The normalized spacial score (nSPS) is 11.7. The molecule has 3 aromatic rings. The van der Waals surface area contributed by atoms with Gasteiger partial charge in [0.25, 0.3) is 0 Å². The zero-order chi connectivity index (χ0) is 18.4. The highest BCUT2D eigenvalue weighted by molar-refractivity contribution is 9.10. The van der Waals surface area contributed by atoms with E-state index in [1.807, 2.05) is 48.5 Å². The van der Waals surface area contributed by atoms with Crippen molar-refractivity contribution in [3.63, 3.8) is 0 Å². The highest BCUT2D eigenvalue weighted by Gasteiger charge is 2.21. The van der Waals surface area contributed by atoms with Crippen LogP contribution in [-0.4, -0.2) is 16.0 Å². The van der Waals surface area contributed by atoms with Crippen LogP contribution in [0.25, 0.3) is 0 Å². The van der Waals surface area contributed by atoms with E-state index in [0.717, 1.165) is 21.2 Å². The summed E-state index contributed by atoms with van der Waals surface area (Å²) in [5, 5.41) is 13.3. The van der Waals surface area contributed by atoms with Crippen molar-refractivity contribution in [2.45, 2.75) is 18.9 Å². The molecular weight excluding hydrogens is 392 g/mol. The molecule has 0 radical (unpaired) electrons. The zero-order valence-corrected chi connectivity index (χ0v) is 15.7. The fourth-order valence-electron chi connectivity index (χ4n) is 2.86. The molecule has 2 N–H and O–H groups in total. The van der Waals surface area contributed by atoms with Crippen molar-refractivity contribution >= 4 is 21.8 Å². The number of hydrogen-bond donors (Lipinski definition) is 2. The number of halogens is 1. The largest absolute Gasteiger partial charge is 0.508 e. The van der Waals surface area contributed by atoms with Gasteiger partial charge in [-0.25, -0.2) is 0 Å². The lowest BCUT2D eigenvalue weighted by molar-refractivity contribution is -0.121. The first-order valence-corrected chi connectivity index (χ1v) is 9.12. The number of nitrogens with one attached hydrogen (secondary N) is 1. The second-order valence-corrected chi connectivity index (χ2v) is 6.92. The van der Waals surface area contributed by atoms with E-state index in [9.17, 15) is 9.90 Å². The van der Waals surface area contributed by atoms with Gasteiger partial charge in [0.05, 0.1) is 0 Å². The van der Waals surface area contributed by atoms with Gasteiger partial charge in [-0.15, -0.1) is 0 Å². The molecule has 132 valence electrons. The summed E-state index contributed by atoms with van der Waals surface area (Å²) in [5.41, 5.74) is 2.65. The summed E-state index contributed by atoms with van der Waals surface area (Å²) in [7, 11) is 0. The molecule has 1 heterocycles. The number of aromatic hydroxyl groups is 1. The molecule has 0 aliphatic carbocycles. The Morgan fingerprint density at radius 3 is 2.65 bits per heavy atom. The van der Waals surface area contributed by atoms with Crippen LogP contribution in [0.1, 0.15) is 29.0 Å². The fourth-order valence-corrected chi connectivity index (χ4v) is 3.24. The molecule has 0 saturated heterocycles. The van der Waals surface area contributed by atoms with Gasteiger partial charge in [-0.2, -0.15) is 0 Å². The van der Waals surface area contributed by atoms with Crippen LogP contribution in [0.5, 0.6) is 5.75 Å². The minimum Gasteiger partial charge on any atom is -0.508 e. The summed E-state index contributed by atoms with van der Waals surface area (Å²) in [6, 6.07) is 18.8. The van der Waals surface area contributed by atoms with Crippen molar-refractivity contribution in [3.05, 3.63) is 94.2 Å². The Morgan fingerprint density at radius 2 is 1.92 bits per heavy atom. The number of hydrogen-bond acceptors (Lipinski definition) is 3. The van der Waals surface area contributed by atoms with Gasteiger partial charge in [0.15, 0.2) is 0 Å². The first kappa shape index (κ1) is 18.1. The van der Waals surface area contributed by atoms with Crippen LogP contribution in [0.4, 0.5) is 0 Å². The third-order valence-corrected chi connectivity index (χ3v) is 4.66. The van der Waals surface area contributed by atoms with Gasteiger partial charge in [0.1, 0.15) is 5.75 Å². The van der Waals surface area contributed by atoms with Gasteiger partial charge in [-0.3, -0.25) is 9.78 Å². The molecule has 0 spiro atoms. The Kier molecular flexibility index (Phi) is 6.02. The van der Waals surface area contributed by atoms with Gasteiger partial charge >= 0.3 is 0 Å². The summed E-state index contributed by atoms with van der Waals surface area (Å²) in [6.07, 6.45) is 3.68. The van der Waals surface area contributed by atoms with Gasteiger partial charge in [0.2, 0.25) is 5.91 Å².